The number of unbranched alkanes of at least 4 members (excludes halogenated alkanes) is 2. The molecular formula is C96H98F3N6O32S5-5. The molecule has 38 nitrogen and oxygen atoms in total. The number of hydrogen-bond donors (Lipinski definition) is 3. The average molecular weight is 2070 g/mol. The minimum Gasteiger partial charge on any atom is -0.748 e. The van der Waals surface area contributed by atoms with E-state index in [-0.39, 0.29) is 157 Å². The summed E-state index contributed by atoms with van der Waals surface area (Å²) in [5, 5.41) is 16.4. The number of amides is 6. The largest absolute Gasteiger partial charge is 0.748 e. The maximum absolute atomic E-state index is 13.8. The van der Waals surface area contributed by atoms with Crippen molar-refractivity contribution in [3.8, 4) is 28.7 Å². The Morgan fingerprint density at radius 2 is 1.12 bits per heavy atom. The molecule has 46 heteroatoms. The van der Waals surface area contributed by atoms with Gasteiger partial charge in [0, 0.05) is 120 Å². The topological polar surface area (TPSA) is 583 Å². The molecule has 6 amide bonds. The number of hydroxylamine groups is 6. The molecule has 2 unspecified atom stereocenters. The van der Waals surface area contributed by atoms with Crippen molar-refractivity contribution < 1.29 is 160 Å². The lowest BCUT2D eigenvalue weighted by Gasteiger charge is -2.44. The van der Waals surface area contributed by atoms with E-state index in [0.717, 1.165) is 32.2 Å². The van der Waals surface area contributed by atoms with E-state index < -0.39 is 181 Å². The highest BCUT2D eigenvalue weighted by atomic mass is 32.2. The molecule has 2 atom stereocenters. The van der Waals surface area contributed by atoms with Crippen molar-refractivity contribution in [2.75, 3.05) is 36.0 Å². The Hall–Kier alpha value is -13.2. The van der Waals surface area contributed by atoms with E-state index >= 15 is 0 Å². The third kappa shape index (κ3) is 22.8. The monoisotopic (exact) mass is 2060 g/mol. The number of fused-ring (bicyclic) bond motifs is 8. The fourth-order valence-electron chi connectivity index (χ4n) is 17.4. The number of ether oxygens (including phenoxy) is 3. The second-order valence-electron chi connectivity index (χ2n) is 35.3. The Morgan fingerprint density at radius 3 is 1.63 bits per heavy atom. The molecule has 7 heterocycles. The molecule has 0 spiro atoms. The third-order valence-corrected chi connectivity index (χ3v) is 29.1. The van der Waals surface area contributed by atoms with Crippen LogP contribution in [-0.2, 0) is 121 Å². The van der Waals surface area contributed by atoms with Crippen LogP contribution in [0.3, 0.4) is 0 Å². The molecule has 7 aliphatic heterocycles. The summed E-state index contributed by atoms with van der Waals surface area (Å²) in [6.45, 7) is 34.1. The first-order valence-electron chi connectivity index (χ1n) is 44.2. The third-order valence-electron chi connectivity index (χ3n) is 24.8. The first kappa shape index (κ1) is 109. The van der Waals surface area contributed by atoms with Crippen LogP contribution in [0.25, 0.3) is 34.9 Å². The number of carboxylic acid groups (broad SMARTS) is 1. The first-order chi connectivity index (χ1) is 65.9. The van der Waals surface area contributed by atoms with Crippen molar-refractivity contribution in [2.45, 2.75) is 203 Å². The van der Waals surface area contributed by atoms with Crippen molar-refractivity contribution in [1.29, 1.82) is 0 Å². The van der Waals surface area contributed by atoms with Crippen LogP contribution in [0.4, 0.5) is 24.5 Å². The predicted octanol–water partition coefficient (Wildman–Crippen LogP) is 8.28. The van der Waals surface area contributed by atoms with Gasteiger partial charge >= 0.3 is 24.1 Å². The highest BCUT2D eigenvalue weighted by Gasteiger charge is 2.48. The Bertz CT molecular complexity index is 7410. The summed E-state index contributed by atoms with van der Waals surface area (Å²) in [4.78, 5) is 129. The molecule has 9 aliphatic rings. The van der Waals surface area contributed by atoms with E-state index in [4.69, 9.17) is 29.6 Å². The van der Waals surface area contributed by atoms with Gasteiger partial charge in [-0.2, -0.15) is 21.6 Å². The second kappa shape index (κ2) is 41.4. The number of carbonyl (C=O) groups is 10. The number of aromatic carboxylic acids is 1. The van der Waals surface area contributed by atoms with Gasteiger partial charge in [-0.1, -0.05) is 143 Å². The van der Waals surface area contributed by atoms with Crippen LogP contribution in [-0.4, -0.2) is 176 Å². The van der Waals surface area contributed by atoms with Gasteiger partial charge in [0.2, 0.25) is 0 Å². The predicted molar refractivity (Wildman–Crippen MR) is 496 cm³/mol. The standard InChI is InChI=1S/C36H35NO11S2.C27H29F3N2O8S.C21H15NO9S2.C6H7NO4.C4H11N.C2H6/c1-17-13-21-25(35(17,3)4)15-23-29(19-7-9-20(10-8-19)34(40)48-37-27(38)11-12-28(37)39)24-16-26-22(14-18(2)36(26,5)6)33(50(44,45)46)31(24)47-30(23)32(21)49(41,42)43;1-16-11-20(27(28,29)30)19-12-18-17(15-41(36,37)38)14-26(2,3)31(21(18)13-22(19)39-16)10-6-4-5-7-25(35)40-32-23(33)8-9-24(32)34;1-10-6-7-13-16(11-4-2-3-5-12(11)21(23)24)14-8-9-15(22)20(33(28,29)30)18(14)31-17(13)19(10)32(25,26)27;1-4(8)11-7-5(9)2-3-6(7)10;1-3-5-4-2;1-2/h7-10,13,15-18H,11-12,14H2,1-6H3,(H,41,42,43)(H,44,45,46);11-14H,1,4-10,15H2,2-3H3,(H,36,37,38);2-9H,1,22H2,(H,23,24)(H,25,26,27)(H,28,29,30);2-3H2,1H3;5H,3-4H2,1-2H3;1-2H3/p-5. The summed E-state index contributed by atoms with van der Waals surface area (Å²) in [5.74, 6) is -10.7. The number of carbonyl (C=O) groups excluding carboxylic acids is 10. The number of benzene rings is 7. The molecule has 0 bridgehead atoms. The summed E-state index contributed by atoms with van der Waals surface area (Å²) < 4.78 is 242. The minimum atomic E-state index is -5.25. The van der Waals surface area contributed by atoms with Gasteiger partial charge in [-0.25, -0.2) is 48.1 Å². The Morgan fingerprint density at radius 1 is 0.585 bits per heavy atom. The molecule has 0 saturated carbocycles. The number of anilines is 2. The van der Waals surface area contributed by atoms with Crippen LogP contribution in [0.5, 0.6) is 28.7 Å². The van der Waals surface area contributed by atoms with Crippen LogP contribution >= 0.6 is 0 Å². The number of hydrogen-bond acceptors (Lipinski definition) is 34. The molecule has 3 saturated heterocycles. The van der Waals surface area contributed by atoms with Crippen LogP contribution in [0.2, 0.25) is 0 Å². The van der Waals surface area contributed by atoms with Gasteiger partial charge in [-0.15, -0.1) is 15.2 Å². The molecule has 7 aromatic carbocycles. The summed E-state index contributed by atoms with van der Waals surface area (Å²) in [7, 11) is -25.4. The maximum Gasteiger partial charge on any atom is 0.417 e. The molecule has 2 aliphatic carbocycles. The highest BCUT2D eigenvalue weighted by Crippen LogP contribution is 2.55. The molecule has 0 radical (unpaired) electrons. The van der Waals surface area contributed by atoms with Crippen LogP contribution in [0.15, 0.2) is 141 Å². The van der Waals surface area contributed by atoms with Crippen molar-refractivity contribution in [3.05, 3.63) is 204 Å². The Balaban J connectivity index is 0.000000189. The van der Waals surface area contributed by atoms with Crippen LogP contribution in [0.1, 0.15) is 225 Å². The lowest BCUT2D eigenvalue weighted by molar-refractivity contribution is -0.255. The number of nitrogens with one attached hydrogen (secondary N) is 1. The quantitative estimate of drug-likeness (QED) is 0.0263. The zero-order chi connectivity index (χ0) is 106. The number of carboxylic acids is 1. The smallest absolute Gasteiger partial charge is 0.417 e. The molecule has 4 N–H and O–H groups in total. The van der Waals surface area contributed by atoms with Gasteiger partial charge in [0.25, 0.3) is 45.6 Å². The molecular weight excluding hydrogens is 1970 g/mol. The van der Waals surface area contributed by atoms with Crippen LogP contribution < -0.4 is 56.1 Å². The first-order valence-corrected chi connectivity index (χ1v) is 51.4. The number of nitrogens with two attached hydrogens (primary N) is 1. The minimum absolute atomic E-state index is 0.00613. The van der Waals surface area contributed by atoms with Crippen molar-refractivity contribution >= 4 is 156 Å². The van der Waals surface area contributed by atoms with Gasteiger partial charge in [0.05, 0.1) is 44.2 Å². The fraction of sp³-hybridized carbons (Fsp3) is 0.354. The van der Waals surface area contributed by atoms with Crippen molar-refractivity contribution in [3.63, 3.8) is 0 Å². The van der Waals surface area contributed by atoms with Gasteiger partial charge in [-0.3, -0.25) is 33.3 Å². The Kier molecular flexibility index (Phi) is 31.9. The molecule has 0 aromatic heterocycles. The zero-order valence-corrected chi connectivity index (χ0v) is 82.9. The summed E-state index contributed by atoms with van der Waals surface area (Å²) >= 11 is 0. The number of halogens is 3. The zero-order valence-electron chi connectivity index (χ0n) is 78.8. The molecule has 3 fully saturated rings. The van der Waals surface area contributed by atoms with E-state index in [1.54, 1.807) is 38.1 Å². The van der Waals surface area contributed by atoms with Crippen molar-refractivity contribution in [1.82, 2.24) is 20.5 Å². The Labute approximate surface area is 814 Å². The summed E-state index contributed by atoms with van der Waals surface area (Å²) in [6, 6.07) is 22.3. The summed E-state index contributed by atoms with van der Waals surface area (Å²) in [5.41, 5.74) is 4.62. The number of alkyl halides is 3. The molecule has 760 valence electrons. The van der Waals surface area contributed by atoms with Gasteiger partial charge in [-0.05, 0) is 167 Å². The van der Waals surface area contributed by atoms with Gasteiger partial charge < -0.3 is 72.8 Å². The average Bonchev–Trinajstić information content (AvgIpc) is 1.51. The van der Waals surface area contributed by atoms with E-state index in [1.807, 2.05) is 60.3 Å². The van der Waals surface area contributed by atoms with Crippen molar-refractivity contribution in [2.24, 2.45) is 11.8 Å². The number of imide groups is 3. The fourth-order valence-corrected chi connectivity index (χ4v) is 21.3. The lowest BCUT2D eigenvalue weighted by atomic mass is 9.77. The molecule has 7 aromatic rings. The van der Waals surface area contributed by atoms with E-state index in [0.29, 0.717) is 74.5 Å². The summed E-state index contributed by atoms with van der Waals surface area (Å²) in [6.07, 6.45) is 0.994. The number of allylic oxidation sites excluding steroid dienone is 2. The number of rotatable bonds is 21. The van der Waals surface area contributed by atoms with Crippen LogP contribution in [0, 0.1) is 11.8 Å². The van der Waals surface area contributed by atoms with Gasteiger partial charge in [0.1, 0.15) is 61.4 Å². The molecule has 142 heavy (non-hydrogen) atoms. The SMILES string of the molecule is C=C1C=C(C(F)(F)F)c2cc3c(cc2O1)N(CCCCCC(=O)ON1C(=O)CCC1=O)C(C)(C)C=C3CS(=O)(=O)[O-].C=c1ccc2c(c1S(=O)(=O)[O-])Oc1c(ccc(N)c1S(=O)(=O)[O-])C=2c1ccccc1C(=O)[O-].CC.CC(=O)ON1C(=O)CCC1=O.CC1C=c2c(cc3c(c2S(=O)(=O)[O-])Oc2c(cc4c(c2S(=O)(=O)O)CC(C)C4(C)C)C=3c2ccc(C(=O)ON3C(=O)CCC3=O)cc2)C1(C)C.CCNCC. The van der Waals surface area contributed by atoms with E-state index in [1.165, 1.54) is 78.9 Å². The molecule has 16 rings (SSSR count). The second-order valence-corrected chi connectivity index (χ2v) is 42.0. The van der Waals surface area contributed by atoms with E-state index in [9.17, 15) is 131 Å². The maximum atomic E-state index is 13.8. The lowest BCUT2D eigenvalue weighted by Crippen LogP contribution is -2.46. The number of nitrogens with zero attached hydrogens (tertiary/aromatic N) is 4. The number of nitrogen functional groups attached to an aromatic ring is 1. The normalized spacial score (nSPS) is 17.7. The van der Waals surface area contributed by atoms with E-state index in [2.05, 4.69) is 37.2 Å². The van der Waals surface area contributed by atoms with Gasteiger partial charge in [0.15, 0.2) is 23.0 Å². The highest BCUT2D eigenvalue weighted by molar-refractivity contribution is 7.87.